The van der Waals surface area contributed by atoms with E-state index in [1.165, 1.54) is 7.11 Å². The molecule has 0 bridgehead atoms. The molecule has 6 heteroatoms. The Morgan fingerprint density at radius 1 is 1.75 bits per heavy atom. The molecular formula is C10H13N3O3. The summed E-state index contributed by atoms with van der Waals surface area (Å²) in [6.45, 7) is 1.33. The number of nitrogens with zero attached hydrogens (tertiary/aromatic N) is 1. The molecule has 1 aliphatic rings. The second-order valence-electron chi connectivity index (χ2n) is 3.38. The quantitative estimate of drug-likeness (QED) is 0.689. The van der Waals surface area contributed by atoms with E-state index in [9.17, 15) is 4.79 Å². The third-order valence-electron chi connectivity index (χ3n) is 2.34. The first kappa shape index (κ1) is 10.7. The van der Waals surface area contributed by atoms with E-state index >= 15 is 0 Å². The van der Waals surface area contributed by atoms with Gasteiger partial charge in [0.05, 0.1) is 24.7 Å². The summed E-state index contributed by atoms with van der Waals surface area (Å²) in [4.78, 5) is 15.3. The van der Waals surface area contributed by atoms with E-state index in [0.717, 1.165) is 12.2 Å². The number of hydrogen-bond acceptors (Lipinski definition) is 6. The number of carbonyl (C=O) groups is 1. The molecule has 0 spiro atoms. The van der Waals surface area contributed by atoms with Gasteiger partial charge in [0.25, 0.3) is 0 Å². The van der Waals surface area contributed by atoms with Gasteiger partial charge in [0.15, 0.2) is 0 Å². The lowest BCUT2D eigenvalue weighted by Gasteiger charge is -2.19. The Hall–Kier alpha value is -1.82. The normalized spacial score (nSPS) is 15.4. The van der Waals surface area contributed by atoms with Crippen molar-refractivity contribution in [3.05, 3.63) is 18.0 Å². The fraction of sp³-hybridized carbons (Fsp3) is 0.400. The summed E-state index contributed by atoms with van der Waals surface area (Å²) in [5.74, 6) is 0.145. The first-order valence-corrected chi connectivity index (χ1v) is 4.92. The molecule has 86 valence electrons. The Kier molecular flexibility index (Phi) is 2.91. The van der Waals surface area contributed by atoms with Gasteiger partial charge >= 0.3 is 5.97 Å². The van der Waals surface area contributed by atoms with E-state index in [2.05, 4.69) is 15.0 Å². The van der Waals surface area contributed by atoms with E-state index in [4.69, 9.17) is 10.5 Å². The summed E-state index contributed by atoms with van der Waals surface area (Å²) in [7, 11) is 1.29. The number of aromatic nitrogens is 1. The van der Waals surface area contributed by atoms with Crippen molar-refractivity contribution in [1.82, 2.24) is 4.98 Å². The predicted molar refractivity (Wildman–Crippen MR) is 57.2 cm³/mol. The lowest BCUT2D eigenvalue weighted by atomic mass is 10.2. The Labute approximate surface area is 92.7 Å². The second-order valence-corrected chi connectivity index (χ2v) is 3.38. The summed E-state index contributed by atoms with van der Waals surface area (Å²) in [5, 5.41) is 3.13. The number of nitrogens with two attached hydrogens (primary N) is 1. The van der Waals surface area contributed by atoms with Gasteiger partial charge in [0.2, 0.25) is 0 Å². The van der Waals surface area contributed by atoms with E-state index < -0.39 is 12.0 Å². The summed E-state index contributed by atoms with van der Waals surface area (Å²) < 4.78 is 9.97. The number of esters is 1. The van der Waals surface area contributed by atoms with Crippen molar-refractivity contribution >= 4 is 11.7 Å². The van der Waals surface area contributed by atoms with Crippen LogP contribution in [0.25, 0.3) is 0 Å². The number of nitrogens with one attached hydrogen (secondary N) is 1. The van der Waals surface area contributed by atoms with E-state index in [0.29, 0.717) is 18.1 Å². The largest absolute Gasteiger partial charge is 0.489 e. The smallest absolute Gasteiger partial charge is 0.328 e. The Morgan fingerprint density at radius 2 is 2.56 bits per heavy atom. The first-order chi connectivity index (χ1) is 7.72. The van der Waals surface area contributed by atoms with Gasteiger partial charge in [-0.25, -0.2) is 4.79 Å². The van der Waals surface area contributed by atoms with Crippen LogP contribution in [0.1, 0.15) is 11.7 Å². The molecule has 1 aromatic heterocycles. The van der Waals surface area contributed by atoms with Crippen LogP contribution >= 0.6 is 0 Å². The zero-order valence-electron chi connectivity index (χ0n) is 8.90. The van der Waals surface area contributed by atoms with Crippen molar-refractivity contribution in [3.8, 4) is 5.75 Å². The number of carbonyl (C=O) groups excluding carboxylic acids is 1. The maximum Gasteiger partial charge on any atom is 0.328 e. The topological polar surface area (TPSA) is 86.5 Å². The van der Waals surface area contributed by atoms with Gasteiger partial charge in [-0.1, -0.05) is 0 Å². The minimum absolute atomic E-state index is 0.439. The monoisotopic (exact) mass is 223 g/mol. The van der Waals surface area contributed by atoms with Crippen LogP contribution in [0.3, 0.4) is 0 Å². The minimum atomic E-state index is -0.874. The molecule has 6 nitrogen and oxygen atoms in total. The summed E-state index contributed by atoms with van der Waals surface area (Å²) >= 11 is 0. The molecule has 3 N–H and O–H groups in total. The van der Waals surface area contributed by atoms with Gasteiger partial charge in [0.1, 0.15) is 18.4 Å². The van der Waals surface area contributed by atoms with Crippen LogP contribution in [0.15, 0.2) is 12.3 Å². The van der Waals surface area contributed by atoms with Crippen LogP contribution in [0, 0.1) is 0 Å². The van der Waals surface area contributed by atoms with E-state index in [1.807, 2.05) is 0 Å². The highest BCUT2D eigenvalue weighted by atomic mass is 16.5. The van der Waals surface area contributed by atoms with Crippen molar-refractivity contribution in [2.75, 3.05) is 25.6 Å². The van der Waals surface area contributed by atoms with E-state index in [1.54, 1.807) is 12.3 Å². The number of anilines is 1. The lowest BCUT2D eigenvalue weighted by molar-refractivity contribution is -0.142. The molecule has 1 aliphatic heterocycles. The fourth-order valence-corrected chi connectivity index (χ4v) is 1.47. The maximum absolute atomic E-state index is 11.2. The SMILES string of the molecule is COC(=O)[C@@H](N)c1cc2c(cn1)NCCO2. The summed E-state index contributed by atoms with van der Waals surface area (Å²) in [6.07, 6.45) is 1.60. The Bertz CT molecular complexity index is 408. The maximum atomic E-state index is 11.2. The van der Waals surface area contributed by atoms with Crippen LogP contribution in [-0.2, 0) is 9.53 Å². The van der Waals surface area contributed by atoms with Gasteiger partial charge in [-0.15, -0.1) is 0 Å². The molecule has 0 saturated carbocycles. The van der Waals surface area contributed by atoms with Gasteiger partial charge in [-0.05, 0) is 0 Å². The molecule has 2 heterocycles. The first-order valence-electron chi connectivity index (χ1n) is 4.92. The predicted octanol–water partition coefficient (Wildman–Crippen LogP) is 0.0587. The number of pyridine rings is 1. The average Bonchev–Trinajstić information content (AvgIpc) is 2.36. The molecule has 0 fully saturated rings. The summed E-state index contributed by atoms with van der Waals surface area (Å²) in [5.41, 5.74) is 6.92. The van der Waals surface area contributed by atoms with Crippen molar-refractivity contribution in [1.29, 1.82) is 0 Å². The van der Waals surface area contributed by atoms with E-state index in [-0.39, 0.29) is 0 Å². The third kappa shape index (κ3) is 1.92. The van der Waals surface area contributed by atoms with Gasteiger partial charge in [-0.2, -0.15) is 0 Å². The second kappa shape index (κ2) is 4.36. The Balaban J connectivity index is 2.26. The molecule has 1 atom stereocenters. The van der Waals surface area contributed by atoms with Crippen molar-refractivity contribution in [2.24, 2.45) is 5.73 Å². The molecule has 0 aliphatic carbocycles. The summed E-state index contributed by atoms with van der Waals surface area (Å²) in [6, 6.07) is 0.782. The molecule has 0 saturated heterocycles. The van der Waals surface area contributed by atoms with Crippen LogP contribution in [-0.4, -0.2) is 31.2 Å². The molecule has 0 aromatic carbocycles. The molecule has 1 aromatic rings. The zero-order chi connectivity index (χ0) is 11.5. The number of rotatable bonds is 2. The molecule has 0 unspecified atom stereocenters. The average molecular weight is 223 g/mol. The van der Waals surface area contributed by atoms with Gasteiger partial charge < -0.3 is 20.5 Å². The molecule has 0 amide bonds. The third-order valence-corrected chi connectivity index (χ3v) is 2.34. The molecule has 2 rings (SSSR count). The van der Waals surface area contributed by atoms with Crippen molar-refractivity contribution < 1.29 is 14.3 Å². The highest BCUT2D eigenvalue weighted by molar-refractivity contribution is 5.77. The minimum Gasteiger partial charge on any atom is -0.489 e. The highest BCUT2D eigenvalue weighted by Crippen LogP contribution is 2.28. The Morgan fingerprint density at radius 3 is 3.31 bits per heavy atom. The number of fused-ring (bicyclic) bond motifs is 1. The van der Waals surface area contributed by atoms with Crippen LogP contribution < -0.4 is 15.8 Å². The fourth-order valence-electron chi connectivity index (χ4n) is 1.47. The van der Waals surface area contributed by atoms with Crippen molar-refractivity contribution in [3.63, 3.8) is 0 Å². The van der Waals surface area contributed by atoms with Crippen LogP contribution in [0.5, 0.6) is 5.75 Å². The highest BCUT2D eigenvalue weighted by Gasteiger charge is 2.20. The molecular weight excluding hydrogens is 210 g/mol. The van der Waals surface area contributed by atoms with Crippen LogP contribution in [0.2, 0.25) is 0 Å². The lowest BCUT2D eigenvalue weighted by Crippen LogP contribution is -2.25. The zero-order valence-corrected chi connectivity index (χ0v) is 8.90. The van der Waals surface area contributed by atoms with Gasteiger partial charge in [0, 0.05) is 12.6 Å². The number of ether oxygens (including phenoxy) is 2. The standard InChI is InChI=1S/C10H13N3O3/c1-15-10(14)9(11)6-4-8-7(5-13-6)12-2-3-16-8/h4-5,9,12H,2-3,11H2,1H3/t9-/m0/s1. The van der Waals surface area contributed by atoms with Crippen molar-refractivity contribution in [2.45, 2.75) is 6.04 Å². The number of hydrogen-bond donors (Lipinski definition) is 2. The molecule has 16 heavy (non-hydrogen) atoms. The number of methoxy groups -OCH3 is 1. The van der Waals surface area contributed by atoms with Crippen LogP contribution in [0.4, 0.5) is 5.69 Å². The van der Waals surface area contributed by atoms with Gasteiger partial charge in [-0.3, -0.25) is 4.98 Å². The molecule has 0 radical (unpaired) electrons.